The Kier molecular flexibility index (Phi) is 3.62. The Labute approximate surface area is 139 Å². The van der Waals surface area contributed by atoms with E-state index in [1.807, 2.05) is 34.5 Å². The van der Waals surface area contributed by atoms with Crippen molar-refractivity contribution in [3.8, 4) is 5.75 Å². The second-order valence-corrected chi connectivity index (χ2v) is 7.32. The first-order valence-electron chi connectivity index (χ1n) is 8.01. The predicted molar refractivity (Wildman–Crippen MR) is 91.0 cm³/mol. The first-order valence-corrected chi connectivity index (χ1v) is 8.89. The highest BCUT2D eigenvalue weighted by Crippen LogP contribution is 2.46. The molecule has 5 heteroatoms. The molecular weight excluding hydrogens is 308 g/mol. The molecule has 1 spiro atoms. The molecule has 2 aromatic rings. The molecule has 0 radical (unpaired) electrons. The Morgan fingerprint density at radius 2 is 2.13 bits per heavy atom. The number of benzene rings is 1. The number of nitrogens with zero attached hydrogens (tertiary/aromatic N) is 1. The van der Waals surface area contributed by atoms with Gasteiger partial charge < -0.3 is 15.4 Å². The third kappa shape index (κ3) is 2.44. The molecule has 2 aliphatic heterocycles. The van der Waals surface area contributed by atoms with Gasteiger partial charge >= 0.3 is 0 Å². The van der Waals surface area contributed by atoms with E-state index in [2.05, 4.69) is 6.07 Å². The minimum absolute atomic E-state index is 0.0484. The molecule has 1 fully saturated rings. The lowest BCUT2D eigenvalue weighted by molar-refractivity contribution is 0.0651. The van der Waals surface area contributed by atoms with Gasteiger partial charge in [0, 0.05) is 30.6 Å². The molecule has 0 saturated carbocycles. The molecule has 4 rings (SSSR count). The van der Waals surface area contributed by atoms with Gasteiger partial charge in [-0.05, 0) is 35.9 Å². The van der Waals surface area contributed by atoms with E-state index in [1.165, 1.54) is 16.9 Å². The van der Waals surface area contributed by atoms with Crippen LogP contribution in [-0.4, -0.2) is 30.5 Å². The van der Waals surface area contributed by atoms with Gasteiger partial charge in [0.15, 0.2) is 0 Å². The fourth-order valence-electron chi connectivity index (χ4n) is 3.65. The zero-order valence-electron chi connectivity index (χ0n) is 13.0. The van der Waals surface area contributed by atoms with Crippen LogP contribution in [0, 0.1) is 0 Å². The maximum Gasteiger partial charge on any atom is 0.263 e. The monoisotopic (exact) mass is 328 g/mol. The van der Waals surface area contributed by atoms with E-state index in [0.717, 1.165) is 48.7 Å². The number of hydrogen-bond acceptors (Lipinski definition) is 4. The average Bonchev–Trinajstić information content (AvgIpc) is 3.24. The van der Waals surface area contributed by atoms with Crippen molar-refractivity contribution in [3.63, 3.8) is 0 Å². The number of piperidine rings is 1. The second kappa shape index (κ2) is 5.65. The maximum atomic E-state index is 12.5. The summed E-state index contributed by atoms with van der Waals surface area (Å²) in [5.41, 5.74) is 8.26. The zero-order valence-corrected chi connectivity index (χ0v) is 13.8. The number of ether oxygens (including phenoxy) is 1. The van der Waals surface area contributed by atoms with Crippen LogP contribution in [0.3, 0.4) is 0 Å². The molecule has 0 unspecified atom stereocenters. The first kappa shape index (κ1) is 14.7. The summed E-state index contributed by atoms with van der Waals surface area (Å²) in [6.07, 6.45) is 1.90. The zero-order chi connectivity index (χ0) is 15.9. The van der Waals surface area contributed by atoms with Gasteiger partial charge in [0.2, 0.25) is 0 Å². The predicted octanol–water partition coefficient (Wildman–Crippen LogP) is 2.77. The number of hydrogen-bond donors (Lipinski definition) is 1. The van der Waals surface area contributed by atoms with E-state index >= 15 is 0 Å². The molecular formula is C18H20N2O2S. The van der Waals surface area contributed by atoms with Crippen molar-refractivity contribution in [3.05, 3.63) is 51.7 Å². The lowest BCUT2D eigenvalue weighted by Crippen LogP contribution is -2.45. The average molecular weight is 328 g/mol. The van der Waals surface area contributed by atoms with Crippen molar-refractivity contribution < 1.29 is 9.53 Å². The van der Waals surface area contributed by atoms with E-state index in [4.69, 9.17) is 10.5 Å². The van der Waals surface area contributed by atoms with Crippen molar-refractivity contribution in [1.82, 2.24) is 4.90 Å². The van der Waals surface area contributed by atoms with Gasteiger partial charge in [0.25, 0.3) is 5.91 Å². The Bertz CT molecular complexity index is 719. The van der Waals surface area contributed by atoms with E-state index in [1.54, 1.807) is 0 Å². The molecule has 1 aromatic heterocycles. The summed E-state index contributed by atoms with van der Waals surface area (Å²) in [4.78, 5) is 15.3. The molecule has 23 heavy (non-hydrogen) atoms. The van der Waals surface area contributed by atoms with Crippen LogP contribution in [0.25, 0.3) is 0 Å². The summed E-state index contributed by atoms with van der Waals surface area (Å²) in [7, 11) is 0. The second-order valence-electron chi connectivity index (χ2n) is 6.37. The third-order valence-corrected chi connectivity index (χ3v) is 5.95. The highest BCUT2D eigenvalue weighted by molar-refractivity contribution is 7.12. The van der Waals surface area contributed by atoms with Gasteiger partial charge in [-0.15, -0.1) is 11.3 Å². The number of carbonyl (C=O) groups is 1. The molecule has 4 nitrogen and oxygen atoms in total. The number of rotatable bonds is 2. The molecule has 1 saturated heterocycles. The number of amides is 1. The molecule has 3 heterocycles. The van der Waals surface area contributed by atoms with E-state index in [-0.39, 0.29) is 11.3 Å². The standard InChI is InChI=1S/C18H20N2O2S/c19-11-13-3-4-15-14(10-13)18(12-22-15)5-7-20(8-6-18)17(21)16-2-1-9-23-16/h1-4,9-10H,5-8,11-12,19H2. The molecule has 0 aliphatic carbocycles. The Balaban J connectivity index is 1.53. The van der Waals surface area contributed by atoms with Gasteiger partial charge in [0.1, 0.15) is 5.75 Å². The van der Waals surface area contributed by atoms with Gasteiger partial charge in [-0.3, -0.25) is 4.79 Å². The van der Waals surface area contributed by atoms with Gasteiger partial charge in [0.05, 0.1) is 11.5 Å². The smallest absolute Gasteiger partial charge is 0.263 e. The summed E-state index contributed by atoms with van der Waals surface area (Å²) in [6.45, 7) is 2.84. The minimum atomic E-state index is 0.0484. The summed E-state index contributed by atoms with van der Waals surface area (Å²) < 4.78 is 5.92. The lowest BCUT2D eigenvalue weighted by Gasteiger charge is -2.38. The largest absolute Gasteiger partial charge is 0.492 e. The van der Waals surface area contributed by atoms with Crippen molar-refractivity contribution in [2.24, 2.45) is 5.73 Å². The van der Waals surface area contributed by atoms with Crippen LogP contribution in [0.4, 0.5) is 0 Å². The SMILES string of the molecule is NCc1ccc2c(c1)C1(CCN(C(=O)c3cccs3)CC1)CO2. The van der Waals surface area contributed by atoms with E-state index in [0.29, 0.717) is 6.54 Å². The van der Waals surface area contributed by atoms with Crippen LogP contribution in [0.15, 0.2) is 35.7 Å². The molecule has 120 valence electrons. The van der Waals surface area contributed by atoms with Crippen LogP contribution in [-0.2, 0) is 12.0 Å². The van der Waals surface area contributed by atoms with Gasteiger partial charge in [-0.2, -0.15) is 0 Å². The van der Waals surface area contributed by atoms with Crippen LogP contribution < -0.4 is 10.5 Å². The van der Waals surface area contributed by atoms with Gasteiger partial charge in [-0.1, -0.05) is 18.2 Å². The van der Waals surface area contributed by atoms with Gasteiger partial charge in [-0.25, -0.2) is 0 Å². The molecule has 1 amide bonds. The fraction of sp³-hybridized carbons (Fsp3) is 0.389. The quantitative estimate of drug-likeness (QED) is 0.922. The fourth-order valence-corrected chi connectivity index (χ4v) is 4.34. The third-order valence-electron chi connectivity index (χ3n) is 5.09. The Morgan fingerprint density at radius 1 is 1.30 bits per heavy atom. The topological polar surface area (TPSA) is 55.6 Å². The minimum Gasteiger partial charge on any atom is -0.492 e. The van der Waals surface area contributed by atoms with Crippen molar-refractivity contribution in [1.29, 1.82) is 0 Å². The summed E-state index contributed by atoms with van der Waals surface area (Å²) in [5.74, 6) is 1.14. The highest BCUT2D eigenvalue weighted by atomic mass is 32.1. The number of nitrogens with two attached hydrogens (primary N) is 1. The molecule has 1 aromatic carbocycles. The summed E-state index contributed by atoms with van der Waals surface area (Å²) in [6, 6.07) is 10.1. The number of carbonyl (C=O) groups excluding carboxylic acids is 1. The number of fused-ring (bicyclic) bond motifs is 2. The Hall–Kier alpha value is -1.85. The molecule has 0 atom stereocenters. The Morgan fingerprint density at radius 3 is 2.83 bits per heavy atom. The van der Waals surface area contributed by atoms with E-state index in [9.17, 15) is 4.79 Å². The van der Waals surface area contributed by atoms with Crippen molar-refractivity contribution in [2.75, 3.05) is 19.7 Å². The summed E-state index contributed by atoms with van der Waals surface area (Å²) in [5, 5.41) is 1.95. The van der Waals surface area contributed by atoms with Crippen LogP contribution in [0.1, 0.15) is 33.6 Å². The number of likely N-dealkylation sites (tertiary alicyclic amines) is 1. The molecule has 2 aliphatic rings. The normalized spacial score (nSPS) is 18.7. The van der Waals surface area contributed by atoms with Crippen molar-refractivity contribution in [2.45, 2.75) is 24.8 Å². The lowest BCUT2D eigenvalue weighted by atomic mass is 9.74. The van der Waals surface area contributed by atoms with Crippen molar-refractivity contribution >= 4 is 17.2 Å². The van der Waals surface area contributed by atoms with Crippen LogP contribution in [0.2, 0.25) is 0 Å². The van der Waals surface area contributed by atoms with Crippen LogP contribution >= 0.6 is 11.3 Å². The highest BCUT2D eigenvalue weighted by Gasteiger charge is 2.43. The summed E-state index contributed by atoms with van der Waals surface area (Å²) >= 11 is 1.51. The van der Waals surface area contributed by atoms with Crippen LogP contribution in [0.5, 0.6) is 5.75 Å². The first-order chi connectivity index (χ1) is 11.2. The number of thiophene rings is 1. The maximum absolute atomic E-state index is 12.5. The van der Waals surface area contributed by atoms with E-state index < -0.39 is 0 Å². The molecule has 2 N–H and O–H groups in total. The molecule has 0 bridgehead atoms.